The first-order valence-electron chi connectivity index (χ1n) is 5.19. The molecule has 3 nitrogen and oxygen atoms in total. The minimum atomic E-state index is -0.000776. The molecule has 1 aromatic heterocycles. The summed E-state index contributed by atoms with van der Waals surface area (Å²) in [4.78, 5) is 11.4. The maximum Gasteiger partial charge on any atom is 0.250 e. The normalized spacial score (nSPS) is 10.0. The number of nitrogens with zero attached hydrogens (tertiary/aromatic N) is 1. The molecular formula is C13H13NO2. The molecule has 0 spiro atoms. The molecule has 0 fully saturated rings. The lowest BCUT2D eigenvalue weighted by molar-refractivity contribution is 0.296. The largest absolute Gasteiger partial charge is 0.492 e. The van der Waals surface area contributed by atoms with Crippen LogP contribution >= 0.6 is 0 Å². The van der Waals surface area contributed by atoms with Crippen molar-refractivity contribution in [3.05, 3.63) is 65.1 Å². The summed E-state index contributed by atoms with van der Waals surface area (Å²) in [6, 6.07) is 14.7. The summed E-state index contributed by atoms with van der Waals surface area (Å²) < 4.78 is 7.13. The predicted octanol–water partition coefficient (Wildman–Crippen LogP) is 1.93. The van der Waals surface area contributed by atoms with E-state index in [1.165, 1.54) is 0 Å². The zero-order valence-corrected chi connectivity index (χ0v) is 8.87. The second-order valence-corrected chi connectivity index (χ2v) is 3.39. The first-order valence-corrected chi connectivity index (χ1v) is 5.19. The molecule has 2 aromatic rings. The molecule has 0 amide bonds. The fourth-order valence-corrected chi connectivity index (χ4v) is 1.42. The van der Waals surface area contributed by atoms with Gasteiger partial charge in [0.25, 0.3) is 5.56 Å². The van der Waals surface area contributed by atoms with E-state index < -0.39 is 0 Å². The van der Waals surface area contributed by atoms with Crippen LogP contribution in [0.2, 0.25) is 0 Å². The molecule has 0 bridgehead atoms. The van der Waals surface area contributed by atoms with Crippen molar-refractivity contribution in [1.82, 2.24) is 4.57 Å². The predicted molar refractivity (Wildman–Crippen MR) is 62.6 cm³/mol. The first-order chi connectivity index (χ1) is 7.86. The van der Waals surface area contributed by atoms with Gasteiger partial charge in [0.15, 0.2) is 0 Å². The molecule has 3 heteroatoms. The van der Waals surface area contributed by atoms with Crippen molar-refractivity contribution >= 4 is 0 Å². The van der Waals surface area contributed by atoms with Crippen LogP contribution in [-0.4, -0.2) is 11.2 Å². The van der Waals surface area contributed by atoms with Crippen LogP contribution in [0.4, 0.5) is 0 Å². The molecule has 82 valence electrons. The lowest BCUT2D eigenvalue weighted by atomic mass is 10.3. The molecule has 1 heterocycles. The van der Waals surface area contributed by atoms with Crippen LogP contribution in [0.25, 0.3) is 0 Å². The van der Waals surface area contributed by atoms with E-state index >= 15 is 0 Å². The van der Waals surface area contributed by atoms with E-state index in [4.69, 9.17) is 4.74 Å². The second-order valence-electron chi connectivity index (χ2n) is 3.39. The molecule has 0 aliphatic rings. The topological polar surface area (TPSA) is 31.2 Å². The smallest absolute Gasteiger partial charge is 0.250 e. The molecule has 0 N–H and O–H groups in total. The molecule has 0 unspecified atom stereocenters. The second kappa shape index (κ2) is 5.16. The minimum absolute atomic E-state index is 0.000776. The number of hydrogen-bond donors (Lipinski definition) is 0. The van der Waals surface area contributed by atoms with E-state index in [9.17, 15) is 4.79 Å². The van der Waals surface area contributed by atoms with Gasteiger partial charge in [0.05, 0.1) is 6.54 Å². The monoisotopic (exact) mass is 215 g/mol. The molecule has 2 rings (SSSR count). The number of para-hydroxylation sites is 1. The molecule has 0 saturated carbocycles. The van der Waals surface area contributed by atoms with Crippen molar-refractivity contribution in [2.75, 3.05) is 6.61 Å². The number of ether oxygens (including phenoxy) is 1. The van der Waals surface area contributed by atoms with Gasteiger partial charge in [-0.2, -0.15) is 0 Å². The van der Waals surface area contributed by atoms with Crippen molar-refractivity contribution in [2.24, 2.45) is 0 Å². The zero-order valence-electron chi connectivity index (χ0n) is 8.87. The Morgan fingerprint density at radius 1 is 1.00 bits per heavy atom. The SMILES string of the molecule is O=c1ccccn1CCOc1ccccc1. The van der Waals surface area contributed by atoms with Gasteiger partial charge in [-0.3, -0.25) is 4.79 Å². The third-order valence-corrected chi connectivity index (χ3v) is 2.24. The number of pyridine rings is 1. The highest BCUT2D eigenvalue weighted by atomic mass is 16.5. The van der Waals surface area contributed by atoms with Gasteiger partial charge in [-0.15, -0.1) is 0 Å². The van der Waals surface area contributed by atoms with Gasteiger partial charge in [-0.1, -0.05) is 24.3 Å². The minimum Gasteiger partial charge on any atom is -0.492 e. The van der Waals surface area contributed by atoms with Crippen LogP contribution in [0.5, 0.6) is 5.75 Å². The molecule has 0 saturated heterocycles. The van der Waals surface area contributed by atoms with Crippen LogP contribution in [0, 0.1) is 0 Å². The van der Waals surface area contributed by atoms with Gasteiger partial charge in [0, 0.05) is 12.3 Å². The Bertz CT molecular complexity index is 491. The van der Waals surface area contributed by atoms with Gasteiger partial charge in [0.2, 0.25) is 0 Å². The molecule has 0 atom stereocenters. The van der Waals surface area contributed by atoms with E-state index in [0.717, 1.165) is 5.75 Å². The van der Waals surface area contributed by atoms with E-state index in [1.807, 2.05) is 36.4 Å². The highest BCUT2D eigenvalue weighted by Crippen LogP contribution is 2.07. The zero-order chi connectivity index (χ0) is 11.2. The molecular weight excluding hydrogens is 202 g/mol. The Balaban J connectivity index is 1.90. The van der Waals surface area contributed by atoms with Gasteiger partial charge in [-0.25, -0.2) is 0 Å². The van der Waals surface area contributed by atoms with Gasteiger partial charge < -0.3 is 9.30 Å². The maximum absolute atomic E-state index is 11.4. The van der Waals surface area contributed by atoms with E-state index in [0.29, 0.717) is 13.2 Å². The summed E-state index contributed by atoms with van der Waals surface area (Å²) in [6.07, 6.45) is 1.76. The van der Waals surface area contributed by atoms with Gasteiger partial charge in [0.1, 0.15) is 12.4 Å². The quantitative estimate of drug-likeness (QED) is 0.780. The van der Waals surface area contributed by atoms with Crippen molar-refractivity contribution in [2.45, 2.75) is 6.54 Å². The average molecular weight is 215 g/mol. The fourth-order valence-electron chi connectivity index (χ4n) is 1.42. The Kier molecular flexibility index (Phi) is 3.38. The molecule has 16 heavy (non-hydrogen) atoms. The summed E-state index contributed by atoms with van der Waals surface area (Å²) >= 11 is 0. The first kappa shape index (κ1) is 10.5. The number of hydrogen-bond acceptors (Lipinski definition) is 2. The Hall–Kier alpha value is -2.03. The molecule has 0 aliphatic heterocycles. The summed E-state index contributed by atoms with van der Waals surface area (Å²) in [7, 11) is 0. The Morgan fingerprint density at radius 2 is 1.75 bits per heavy atom. The lowest BCUT2D eigenvalue weighted by Crippen LogP contribution is -2.21. The van der Waals surface area contributed by atoms with Gasteiger partial charge >= 0.3 is 0 Å². The molecule has 0 aliphatic carbocycles. The van der Waals surface area contributed by atoms with E-state index in [1.54, 1.807) is 22.9 Å². The number of rotatable bonds is 4. The fraction of sp³-hybridized carbons (Fsp3) is 0.154. The molecule has 1 aromatic carbocycles. The van der Waals surface area contributed by atoms with Crippen LogP contribution in [-0.2, 0) is 6.54 Å². The van der Waals surface area contributed by atoms with Crippen molar-refractivity contribution in [1.29, 1.82) is 0 Å². The van der Waals surface area contributed by atoms with E-state index in [-0.39, 0.29) is 5.56 Å². The van der Waals surface area contributed by atoms with Gasteiger partial charge in [-0.05, 0) is 18.2 Å². The van der Waals surface area contributed by atoms with Crippen LogP contribution < -0.4 is 10.3 Å². The average Bonchev–Trinajstić information content (AvgIpc) is 2.33. The van der Waals surface area contributed by atoms with Crippen molar-refractivity contribution in [3.8, 4) is 5.75 Å². The van der Waals surface area contributed by atoms with Crippen LogP contribution in [0.1, 0.15) is 0 Å². The van der Waals surface area contributed by atoms with Crippen LogP contribution in [0.3, 0.4) is 0 Å². The Labute approximate surface area is 93.9 Å². The maximum atomic E-state index is 11.4. The highest BCUT2D eigenvalue weighted by Gasteiger charge is 1.94. The van der Waals surface area contributed by atoms with Crippen molar-refractivity contribution in [3.63, 3.8) is 0 Å². The molecule has 0 radical (unpaired) electrons. The lowest BCUT2D eigenvalue weighted by Gasteiger charge is -2.07. The summed E-state index contributed by atoms with van der Waals surface area (Å²) in [5.41, 5.74) is -0.000776. The summed E-state index contributed by atoms with van der Waals surface area (Å²) in [6.45, 7) is 1.06. The van der Waals surface area contributed by atoms with Crippen molar-refractivity contribution < 1.29 is 4.74 Å². The number of benzene rings is 1. The van der Waals surface area contributed by atoms with E-state index in [2.05, 4.69) is 0 Å². The highest BCUT2D eigenvalue weighted by molar-refractivity contribution is 5.20. The summed E-state index contributed by atoms with van der Waals surface area (Å²) in [5.74, 6) is 0.825. The van der Waals surface area contributed by atoms with Crippen LogP contribution in [0.15, 0.2) is 59.5 Å². The summed E-state index contributed by atoms with van der Waals surface area (Å²) in [5, 5.41) is 0. The number of aromatic nitrogens is 1. The Morgan fingerprint density at radius 3 is 2.50 bits per heavy atom. The third-order valence-electron chi connectivity index (χ3n) is 2.24. The third kappa shape index (κ3) is 2.73. The standard InChI is InChI=1S/C13H13NO2/c15-13-8-4-5-9-14(13)10-11-16-12-6-2-1-3-7-12/h1-9H,10-11H2.